The van der Waals surface area contributed by atoms with Gasteiger partial charge in [-0.15, -0.1) is 0 Å². The number of carbonyl (C=O) groups is 2. The Kier molecular flexibility index (Phi) is 4.84. The van der Waals surface area contributed by atoms with E-state index >= 15 is 0 Å². The molecule has 0 bridgehead atoms. The number of rotatable bonds is 4. The Morgan fingerprint density at radius 3 is 2.71 bits per heavy atom. The smallest absolute Gasteiger partial charge is 0.252 e. The summed E-state index contributed by atoms with van der Waals surface area (Å²) in [6.45, 7) is 1.33. The second-order valence-corrected chi connectivity index (χ2v) is 6.83. The molecule has 24 heavy (non-hydrogen) atoms. The lowest BCUT2D eigenvalue weighted by molar-refractivity contribution is -0.128. The van der Waals surface area contributed by atoms with Gasteiger partial charge in [-0.3, -0.25) is 9.59 Å². The first kappa shape index (κ1) is 16.5. The summed E-state index contributed by atoms with van der Waals surface area (Å²) in [4.78, 5) is 26.2. The van der Waals surface area contributed by atoms with E-state index in [0.717, 1.165) is 50.6 Å². The summed E-state index contributed by atoms with van der Waals surface area (Å²) in [7, 11) is 0. The second-order valence-electron chi connectivity index (χ2n) is 6.83. The summed E-state index contributed by atoms with van der Waals surface area (Å²) in [5, 5.41) is 12.4. The molecule has 0 aromatic heterocycles. The van der Waals surface area contributed by atoms with Gasteiger partial charge in [0.05, 0.1) is 6.07 Å². The number of carbonyl (C=O) groups excluding carboxylic acids is 2. The molecule has 0 spiro atoms. The van der Waals surface area contributed by atoms with E-state index in [0.29, 0.717) is 18.5 Å². The van der Waals surface area contributed by atoms with Crippen LogP contribution in [-0.2, 0) is 11.3 Å². The van der Waals surface area contributed by atoms with Crippen LogP contribution in [0.3, 0.4) is 0 Å². The lowest BCUT2D eigenvalue weighted by Gasteiger charge is -2.31. The molecule has 1 heterocycles. The molecule has 1 aromatic rings. The summed E-state index contributed by atoms with van der Waals surface area (Å²) < 4.78 is 0. The van der Waals surface area contributed by atoms with E-state index in [4.69, 9.17) is 0 Å². The van der Waals surface area contributed by atoms with Crippen LogP contribution in [0.15, 0.2) is 24.3 Å². The van der Waals surface area contributed by atoms with Crippen LogP contribution < -0.4 is 5.32 Å². The van der Waals surface area contributed by atoms with Crippen molar-refractivity contribution >= 4 is 11.8 Å². The van der Waals surface area contributed by atoms with Crippen molar-refractivity contribution in [2.24, 2.45) is 0 Å². The molecular formula is C19H23N3O2. The van der Waals surface area contributed by atoms with Crippen molar-refractivity contribution in [3.05, 3.63) is 35.4 Å². The van der Waals surface area contributed by atoms with Gasteiger partial charge in [0, 0.05) is 25.1 Å². The Hall–Kier alpha value is -2.35. The first-order chi connectivity index (χ1) is 11.6. The van der Waals surface area contributed by atoms with Gasteiger partial charge in [0.2, 0.25) is 5.91 Å². The minimum Gasteiger partial charge on any atom is -0.338 e. The standard InChI is InChI=1S/C19H23N3O2/c20-14-19(9-2-1-3-10-19)21-18(24)16-7-4-6-15(12-16)13-22-11-5-8-17(22)23/h4,6-7,12H,1-3,5,8-11,13H2,(H,21,24). The molecule has 2 amide bonds. The quantitative estimate of drug-likeness (QED) is 0.925. The maximum Gasteiger partial charge on any atom is 0.252 e. The third kappa shape index (κ3) is 3.59. The van der Waals surface area contributed by atoms with Crippen molar-refractivity contribution in [1.82, 2.24) is 10.2 Å². The van der Waals surface area contributed by atoms with Crippen LogP contribution in [-0.4, -0.2) is 28.8 Å². The van der Waals surface area contributed by atoms with Crippen molar-refractivity contribution < 1.29 is 9.59 Å². The van der Waals surface area contributed by atoms with E-state index in [1.807, 2.05) is 23.1 Å². The molecule has 1 saturated carbocycles. The van der Waals surface area contributed by atoms with Crippen molar-refractivity contribution in [3.8, 4) is 6.07 Å². The van der Waals surface area contributed by atoms with Gasteiger partial charge in [-0.1, -0.05) is 31.4 Å². The van der Waals surface area contributed by atoms with E-state index in [9.17, 15) is 14.9 Å². The second kappa shape index (κ2) is 7.04. The predicted octanol–water partition coefficient (Wildman–Crippen LogP) is 2.77. The van der Waals surface area contributed by atoms with Crippen LogP contribution in [0.5, 0.6) is 0 Å². The Bertz CT molecular complexity index is 671. The highest BCUT2D eigenvalue weighted by Crippen LogP contribution is 2.28. The van der Waals surface area contributed by atoms with Crippen LogP contribution in [0.25, 0.3) is 0 Å². The lowest BCUT2D eigenvalue weighted by Crippen LogP contribution is -2.48. The average Bonchev–Trinajstić information content (AvgIpc) is 3.01. The fourth-order valence-electron chi connectivity index (χ4n) is 3.61. The Labute approximate surface area is 142 Å². The zero-order valence-corrected chi connectivity index (χ0v) is 13.9. The SMILES string of the molecule is N#CC1(NC(=O)c2cccc(CN3CCCC3=O)c2)CCCCC1. The molecule has 1 aliphatic carbocycles. The third-order valence-electron chi connectivity index (χ3n) is 5.01. The van der Waals surface area contributed by atoms with E-state index in [-0.39, 0.29) is 11.8 Å². The van der Waals surface area contributed by atoms with Gasteiger partial charge < -0.3 is 10.2 Å². The van der Waals surface area contributed by atoms with Crippen LogP contribution >= 0.6 is 0 Å². The zero-order chi connectivity index (χ0) is 17.0. The number of hydrogen-bond donors (Lipinski definition) is 1. The zero-order valence-electron chi connectivity index (χ0n) is 13.9. The van der Waals surface area contributed by atoms with E-state index in [1.54, 1.807) is 6.07 Å². The van der Waals surface area contributed by atoms with Gasteiger partial charge in [0.15, 0.2) is 0 Å². The summed E-state index contributed by atoms with van der Waals surface area (Å²) in [6, 6.07) is 9.67. The minimum atomic E-state index is -0.726. The Balaban J connectivity index is 1.70. The molecule has 2 fully saturated rings. The van der Waals surface area contributed by atoms with Gasteiger partial charge >= 0.3 is 0 Å². The number of amides is 2. The Morgan fingerprint density at radius 2 is 2.04 bits per heavy atom. The molecule has 3 rings (SSSR count). The highest BCUT2D eigenvalue weighted by molar-refractivity contribution is 5.95. The maximum absolute atomic E-state index is 12.6. The van der Waals surface area contributed by atoms with Crippen molar-refractivity contribution in [2.75, 3.05) is 6.54 Å². The summed E-state index contributed by atoms with van der Waals surface area (Å²) in [5.74, 6) is -0.0245. The largest absolute Gasteiger partial charge is 0.338 e. The number of nitrogens with one attached hydrogen (secondary N) is 1. The van der Waals surface area contributed by atoms with E-state index < -0.39 is 5.54 Å². The molecule has 1 saturated heterocycles. The number of nitriles is 1. The number of nitrogens with zero attached hydrogens (tertiary/aromatic N) is 2. The maximum atomic E-state index is 12.6. The van der Waals surface area contributed by atoms with E-state index in [2.05, 4.69) is 11.4 Å². The number of hydrogen-bond acceptors (Lipinski definition) is 3. The molecule has 0 unspecified atom stereocenters. The van der Waals surface area contributed by atoms with Crippen LogP contribution in [0.1, 0.15) is 60.9 Å². The van der Waals surface area contributed by atoms with Gasteiger partial charge in [-0.2, -0.15) is 5.26 Å². The van der Waals surface area contributed by atoms with Gasteiger partial charge in [0.25, 0.3) is 5.91 Å². The lowest BCUT2D eigenvalue weighted by atomic mass is 9.82. The molecule has 1 N–H and O–H groups in total. The molecule has 0 atom stereocenters. The van der Waals surface area contributed by atoms with Crippen LogP contribution in [0.2, 0.25) is 0 Å². The molecule has 2 aliphatic rings. The van der Waals surface area contributed by atoms with E-state index in [1.165, 1.54) is 0 Å². The normalized spacial score (nSPS) is 19.8. The molecule has 5 nitrogen and oxygen atoms in total. The minimum absolute atomic E-state index is 0.176. The van der Waals surface area contributed by atoms with Crippen molar-refractivity contribution in [2.45, 2.75) is 57.0 Å². The molecule has 126 valence electrons. The van der Waals surface area contributed by atoms with Gasteiger partial charge in [-0.05, 0) is 37.0 Å². The third-order valence-corrected chi connectivity index (χ3v) is 5.01. The van der Waals surface area contributed by atoms with Crippen molar-refractivity contribution in [3.63, 3.8) is 0 Å². The Morgan fingerprint density at radius 1 is 1.25 bits per heavy atom. The molecule has 1 aliphatic heterocycles. The van der Waals surface area contributed by atoms with Gasteiger partial charge in [0.1, 0.15) is 5.54 Å². The highest BCUT2D eigenvalue weighted by Gasteiger charge is 2.33. The first-order valence-corrected chi connectivity index (χ1v) is 8.72. The first-order valence-electron chi connectivity index (χ1n) is 8.72. The molecule has 5 heteroatoms. The fourth-order valence-corrected chi connectivity index (χ4v) is 3.61. The number of benzene rings is 1. The average molecular weight is 325 g/mol. The topological polar surface area (TPSA) is 73.2 Å². The monoisotopic (exact) mass is 325 g/mol. The molecular weight excluding hydrogens is 302 g/mol. The number of likely N-dealkylation sites (tertiary alicyclic amines) is 1. The molecule has 0 radical (unpaired) electrons. The summed E-state index contributed by atoms with van der Waals surface area (Å²) in [5.41, 5.74) is 0.780. The van der Waals surface area contributed by atoms with Crippen molar-refractivity contribution in [1.29, 1.82) is 5.26 Å². The summed E-state index contributed by atoms with van der Waals surface area (Å²) in [6.07, 6.45) is 6.04. The van der Waals surface area contributed by atoms with Gasteiger partial charge in [-0.25, -0.2) is 0 Å². The molecule has 1 aromatic carbocycles. The fraction of sp³-hybridized carbons (Fsp3) is 0.526. The predicted molar refractivity (Wildman–Crippen MR) is 90.0 cm³/mol. The highest BCUT2D eigenvalue weighted by atomic mass is 16.2. The summed E-state index contributed by atoms with van der Waals surface area (Å²) >= 11 is 0. The van der Waals surface area contributed by atoms with Crippen LogP contribution in [0, 0.1) is 11.3 Å². The van der Waals surface area contributed by atoms with Crippen LogP contribution in [0.4, 0.5) is 0 Å².